The van der Waals surface area contributed by atoms with Gasteiger partial charge in [-0.2, -0.15) is 0 Å². The van der Waals surface area contributed by atoms with Gasteiger partial charge in [0, 0.05) is 31.1 Å². The number of benzene rings is 1. The molecule has 2 rings (SSSR count). The van der Waals surface area contributed by atoms with Gasteiger partial charge in [-0.1, -0.05) is 31.4 Å². The van der Waals surface area contributed by atoms with Crippen LogP contribution in [0, 0.1) is 5.92 Å². The highest BCUT2D eigenvalue weighted by Gasteiger charge is 2.21. The van der Waals surface area contributed by atoms with Gasteiger partial charge >= 0.3 is 6.09 Å². The number of hydrogen-bond acceptors (Lipinski definition) is 4. The molecule has 0 radical (unpaired) electrons. The molecule has 0 aromatic heterocycles. The molecule has 0 atom stereocenters. The lowest BCUT2D eigenvalue weighted by Crippen LogP contribution is -2.35. The highest BCUT2D eigenvalue weighted by Crippen LogP contribution is 2.25. The van der Waals surface area contributed by atoms with Crippen LogP contribution in [0.2, 0.25) is 0 Å². The van der Waals surface area contributed by atoms with Gasteiger partial charge in [-0.05, 0) is 51.3 Å². The number of carbonyl (C=O) groups excluding carboxylic acids is 3. The number of amides is 3. The third-order valence-electron chi connectivity index (χ3n) is 4.68. The van der Waals surface area contributed by atoms with Crippen molar-refractivity contribution in [2.24, 2.45) is 5.92 Å². The minimum absolute atomic E-state index is 0.0825. The quantitative estimate of drug-likeness (QED) is 0.646. The molecule has 0 saturated heterocycles. The Bertz CT molecular complexity index is 706. The lowest BCUT2D eigenvalue weighted by molar-refractivity contribution is -0.121. The second kappa shape index (κ2) is 10.8. The Hall–Kier alpha value is -2.57. The summed E-state index contributed by atoms with van der Waals surface area (Å²) in [6.07, 6.45) is 4.99. The Balaban J connectivity index is 1.72. The van der Waals surface area contributed by atoms with E-state index >= 15 is 0 Å². The standard InChI is InChI=1S/C22H33N3O4/c1-22(2,3)29-21(28)23-13-12-19(26)24-15-16-8-7-11-18(14-16)25-20(27)17-9-5-4-6-10-17/h7-8,11,14,17H,4-6,9-10,12-13,15H2,1-3H3,(H,23,28)(H,24,26)(H,25,27). The van der Waals surface area contributed by atoms with Crippen LogP contribution in [-0.4, -0.2) is 30.1 Å². The number of nitrogens with one attached hydrogen (secondary N) is 3. The van der Waals surface area contributed by atoms with Gasteiger partial charge in [0.25, 0.3) is 0 Å². The normalized spacial score (nSPS) is 14.7. The topological polar surface area (TPSA) is 96.5 Å². The molecular weight excluding hydrogens is 370 g/mol. The second-order valence-corrected chi connectivity index (χ2v) is 8.48. The van der Waals surface area contributed by atoms with E-state index in [1.54, 1.807) is 20.8 Å². The number of anilines is 1. The summed E-state index contributed by atoms with van der Waals surface area (Å²) in [5.74, 6) is 0.0152. The van der Waals surface area contributed by atoms with Crippen molar-refractivity contribution < 1.29 is 19.1 Å². The summed E-state index contributed by atoms with van der Waals surface area (Å²) in [7, 11) is 0. The maximum absolute atomic E-state index is 12.4. The Morgan fingerprint density at radius 1 is 1.07 bits per heavy atom. The van der Waals surface area contributed by atoms with E-state index in [0.29, 0.717) is 6.54 Å². The maximum Gasteiger partial charge on any atom is 0.407 e. The average Bonchev–Trinajstić information content (AvgIpc) is 2.66. The number of carbonyl (C=O) groups is 3. The molecule has 1 aromatic carbocycles. The van der Waals surface area contributed by atoms with Crippen molar-refractivity contribution in [2.45, 2.75) is 71.4 Å². The van der Waals surface area contributed by atoms with Crippen LogP contribution in [0.5, 0.6) is 0 Å². The first kappa shape index (κ1) is 22.7. The van der Waals surface area contributed by atoms with Crippen molar-refractivity contribution in [1.29, 1.82) is 0 Å². The van der Waals surface area contributed by atoms with Crippen molar-refractivity contribution in [1.82, 2.24) is 10.6 Å². The molecule has 3 amide bonds. The molecule has 1 fully saturated rings. The van der Waals surface area contributed by atoms with Crippen molar-refractivity contribution in [3.63, 3.8) is 0 Å². The third kappa shape index (κ3) is 8.98. The zero-order chi connectivity index (χ0) is 21.3. The number of alkyl carbamates (subject to hydrolysis) is 1. The van der Waals surface area contributed by atoms with Crippen molar-refractivity contribution in [3.8, 4) is 0 Å². The van der Waals surface area contributed by atoms with Gasteiger partial charge in [0.05, 0.1) is 0 Å². The molecule has 0 aliphatic heterocycles. The van der Waals surface area contributed by atoms with Crippen LogP contribution in [0.15, 0.2) is 24.3 Å². The van der Waals surface area contributed by atoms with Gasteiger partial charge in [0.2, 0.25) is 11.8 Å². The van der Waals surface area contributed by atoms with Gasteiger partial charge in [-0.3, -0.25) is 9.59 Å². The average molecular weight is 404 g/mol. The number of ether oxygens (including phenoxy) is 1. The first-order chi connectivity index (χ1) is 13.7. The molecule has 1 aromatic rings. The van der Waals surface area contributed by atoms with Gasteiger partial charge in [-0.25, -0.2) is 4.79 Å². The summed E-state index contributed by atoms with van der Waals surface area (Å²) < 4.78 is 5.12. The van der Waals surface area contributed by atoms with Gasteiger partial charge in [0.15, 0.2) is 0 Å². The molecule has 160 valence electrons. The van der Waals surface area contributed by atoms with E-state index in [1.807, 2.05) is 24.3 Å². The monoisotopic (exact) mass is 403 g/mol. The van der Waals surface area contributed by atoms with E-state index in [0.717, 1.165) is 36.9 Å². The fourth-order valence-corrected chi connectivity index (χ4v) is 3.25. The van der Waals surface area contributed by atoms with Gasteiger partial charge in [-0.15, -0.1) is 0 Å². The molecule has 0 bridgehead atoms. The Kier molecular flexibility index (Phi) is 8.49. The second-order valence-electron chi connectivity index (χ2n) is 8.48. The highest BCUT2D eigenvalue weighted by atomic mass is 16.6. The fourth-order valence-electron chi connectivity index (χ4n) is 3.25. The van der Waals surface area contributed by atoms with Crippen LogP contribution in [0.4, 0.5) is 10.5 Å². The molecule has 3 N–H and O–H groups in total. The summed E-state index contributed by atoms with van der Waals surface area (Å²) in [4.78, 5) is 35.9. The summed E-state index contributed by atoms with van der Waals surface area (Å²) in [5, 5.41) is 8.37. The van der Waals surface area contributed by atoms with E-state index in [9.17, 15) is 14.4 Å². The Morgan fingerprint density at radius 2 is 1.79 bits per heavy atom. The lowest BCUT2D eigenvalue weighted by atomic mass is 9.88. The summed E-state index contributed by atoms with van der Waals surface area (Å²) in [6, 6.07) is 7.49. The van der Waals surface area contributed by atoms with Crippen LogP contribution < -0.4 is 16.0 Å². The molecule has 7 nitrogen and oxygen atoms in total. The smallest absolute Gasteiger partial charge is 0.407 e. The van der Waals surface area contributed by atoms with Crippen molar-refractivity contribution in [2.75, 3.05) is 11.9 Å². The minimum Gasteiger partial charge on any atom is -0.444 e. The maximum atomic E-state index is 12.4. The molecule has 1 saturated carbocycles. The largest absolute Gasteiger partial charge is 0.444 e. The van der Waals surface area contributed by atoms with E-state index in [4.69, 9.17) is 4.74 Å². The van der Waals surface area contributed by atoms with Crippen LogP contribution in [0.25, 0.3) is 0 Å². The van der Waals surface area contributed by atoms with Gasteiger partial charge < -0.3 is 20.7 Å². The highest BCUT2D eigenvalue weighted by molar-refractivity contribution is 5.92. The van der Waals surface area contributed by atoms with Crippen LogP contribution in [0.1, 0.15) is 64.9 Å². The molecule has 0 spiro atoms. The number of hydrogen-bond donors (Lipinski definition) is 3. The van der Waals surface area contributed by atoms with E-state index < -0.39 is 11.7 Å². The first-order valence-corrected chi connectivity index (χ1v) is 10.4. The Labute approximate surface area is 173 Å². The van der Waals surface area contributed by atoms with Crippen molar-refractivity contribution >= 4 is 23.6 Å². The van der Waals surface area contributed by atoms with Crippen LogP contribution >= 0.6 is 0 Å². The minimum atomic E-state index is -0.566. The zero-order valence-electron chi connectivity index (χ0n) is 17.7. The molecule has 0 unspecified atom stereocenters. The fraction of sp³-hybridized carbons (Fsp3) is 0.591. The predicted octanol–water partition coefficient (Wildman–Crippen LogP) is 3.74. The van der Waals surface area contributed by atoms with E-state index in [-0.39, 0.29) is 30.7 Å². The summed E-state index contributed by atoms with van der Waals surface area (Å²) in [6.45, 7) is 5.91. The van der Waals surface area contributed by atoms with Gasteiger partial charge in [0.1, 0.15) is 5.60 Å². The third-order valence-corrected chi connectivity index (χ3v) is 4.68. The molecule has 1 aliphatic carbocycles. The van der Waals surface area contributed by atoms with E-state index in [2.05, 4.69) is 16.0 Å². The van der Waals surface area contributed by atoms with Crippen LogP contribution in [0.3, 0.4) is 0 Å². The number of rotatable bonds is 7. The summed E-state index contributed by atoms with van der Waals surface area (Å²) in [5.41, 5.74) is 1.09. The molecule has 0 heterocycles. The zero-order valence-corrected chi connectivity index (χ0v) is 17.7. The predicted molar refractivity (Wildman–Crippen MR) is 112 cm³/mol. The Morgan fingerprint density at radius 3 is 2.48 bits per heavy atom. The van der Waals surface area contributed by atoms with Crippen LogP contribution in [-0.2, 0) is 20.9 Å². The molecule has 1 aliphatic rings. The molecule has 29 heavy (non-hydrogen) atoms. The molecule has 7 heteroatoms. The lowest BCUT2D eigenvalue weighted by Gasteiger charge is -2.21. The first-order valence-electron chi connectivity index (χ1n) is 10.4. The summed E-state index contributed by atoms with van der Waals surface area (Å²) >= 11 is 0. The van der Waals surface area contributed by atoms with E-state index in [1.165, 1.54) is 6.42 Å². The molecular formula is C22H33N3O4. The SMILES string of the molecule is CC(C)(C)OC(=O)NCCC(=O)NCc1cccc(NC(=O)C2CCCCC2)c1. The van der Waals surface area contributed by atoms with Crippen molar-refractivity contribution in [3.05, 3.63) is 29.8 Å².